The first kappa shape index (κ1) is 12.6. The Labute approximate surface area is 96.4 Å². The molecule has 1 rings (SSSR count). The van der Waals surface area contributed by atoms with Crippen molar-refractivity contribution in [2.75, 3.05) is 5.75 Å². The molecule has 0 fully saturated rings. The van der Waals surface area contributed by atoms with E-state index in [0.29, 0.717) is 11.2 Å². The van der Waals surface area contributed by atoms with Gasteiger partial charge in [-0.3, -0.25) is 4.68 Å². The maximum absolute atomic E-state index is 6.01. The fourth-order valence-electron chi connectivity index (χ4n) is 1.43. The fraction of sp³-hybridized carbons (Fsp3) is 0.727. The summed E-state index contributed by atoms with van der Waals surface area (Å²) in [6.07, 6.45) is 3.97. The SMILES string of the molecule is CC(C)CSC(c1cnn(C)c1)C(C)N. The first-order valence-corrected chi connectivity index (χ1v) is 6.41. The van der Waals surface area contributed by atoms with Crippen molar-refractivity contribution in [2.24, 2.45) is 18.7 Å². The van der Waals surface area contributed by atoms with Crippen LogP contribution in [0.25, 0.3) is 0 Å². The molecular formula is C11H21N3S. The number of nitrogens with two attached hydrogens (primary N) is 1. The molecule has 2 atom stereocenters. The Hall–Kier alpha value is -0.480. The van der Waals surface area contributed by atoms with Crippen molar-refractivity contribution in [3.05, 3.63) is 18.0 Å². The molecule has 3 nitrogen and oxygen atoms in total. The van der Waals surface area contributed by atoms with E-state index in [-0.39, 0.29) is 6.04 Å². The van der Waals surface area contributed by atoms with Gasteiger partial charge in [0, 0.05) is 30.1 Å². The lowest BCUT2D eigenvalue weighted by Gasteiger charge is -2.19. The van der Waals surface area contributed by atoms with Gasteiger partial charge in [0.1, 0.15) is 0 Å². The van der Waals surface area contributed by atoms with Crippen molar-refractivity contribution < 1.29 is 0 Å². The largest absolute Gasteiger partial charge is 0.327 e. The van der Waals surface area contributed by atoms with Crippen LogP contribution in [0.15, 0.2) is 12.4 Å². The van der Waals surface area contributed by atoms with Crippen molar-refractivity contribution in [3.63, 3.8) is 0 Å². The van der Waals surface area contributed by atoms with Crippen molar-refractivity contribution in [1.82, 2.24) is 9.78 Å². The number of nitrogens with zero attached hydrogens (tertiary/aromatic N) is 2. The Bertz CT molecular complexity index is 294. The van der Waals surface area contributed by atoms with Crippen LogP contribution in [-0.2, 0) is 7.05 Å². The molecule has 86 valence electrons. The fourth-order valence-corrected chi connectivity index (χ4v) is 2.64. The van der Waals surface area contributed by atoms with Gasteiger partial charge in [0.2, 0.25) is 0 Å². The lowest BCUT2D eigenvalue weighted by Crippen LogP contribution is -2.23. The Morgan fingerprint density at radius 1 is 1.47 bits per heavy atom. The smallest absolute Gasteiger partial charge is 0.0533 e. The van der Waals surface area contributed by atoms with Gasteiger partial charge < -0.3 is 5.73 Å². The van der Waals surface area contributed by atoms with Crippen LogP contribution in [0.1, 0.15) is 31.6 Å². The molecule has 1 aromatic heterocycles. The second-order valence-corrected chi connectivity index (χ2v) is 5.63. The summed E-state index contributed by atoms with van der Waals surface area (Å²) in [5.74, 6) is 1.84. The average molecular weight is 227 g/mol. The summed E-state index contributed by atoms with van der Waals surface area (Å²) in [7, 11) is 1.94. The van der Waals surface area contributed by atoms with E-state index < -0.39 is 0 Å². The zero-order valence-corrected chi connectivity index (χ0v) is 10.8. The van der Waals surface area contributed by atoms with Crippen LogP contribution in [0.2, 0.25) is 0 Å². The van der Waals surface area contributed by atoms with Gasteiger partial charge in [0.15, 0.2) is 0 Å². The summed E-state index contributed by atoms with van der Waals surface area (Å²) in [4.78, 5) is 0. The number of hydrogen-bond donors (Lipinski definition) is 1. The summed E-state index contributed by atoms with van der Waals surface area (Å²) < 4.78 is 1.83. The third kappa shape index (κ3) is 3.87. The molecule has 0 saturated carbocycles. The number of rotatable bonds is 5. The second-order valence-electron chi connectivity index (χ2n) is 4.45. The summed E-state index contributed by atoms with van der Waals surface area (Å²) in [6, 6.07) is 0.165. The Balaban J connectivity index is 2.66. The quantitative estimate of drug-likeness (QED) is 0.838. The molecule has 0 saturated heterocycles. The highest BCUT2D eigenvalue weighted by Crippen LogP contribution is 2.32. The van der Waals surface area contributed by atoms with Crippen LogP contribution in [0, 0.1) is 5.92 Å². The van der Waals surface area contributed by atoms with Crippen LogP contribution in [-0.4, -0.2) is 21.6 Å². The lowest BCUT2D eigenvalue weighted by molar-refractivity contribution is 0.705. The Morgan fingerprint density at radius 3 is 2.53 bits per heavy atom. The molecule has 1 heterocycles. The van der Waals surface area contributed by atoms with Gasteiger partial charge in [-0.1, -0.05) is 13.8 Å². The summed E-state index contributed by atoms with van der Waals surface area (Å²) >= 11 is 1.93. The van der Waals surface area contributed by atoms with Crippen LogP contribution >= 0.6 is 11.8 Å². The minimum Gasteiger partial charge on any atom is -0.327 e. The van der Waals surface area contributed by atoms with E-state index in [0.717, 1.165) is 5.75 Å². The number of aryl methyl sites for hydroxylation is 1. The molecule has 15 heavy (non-hydrogen) atoms. The maximum Gasteiger partial charge on any atom is 0.0533 e. The molecular weight excluding hydrogens is 206 g/mol. The van der Waals surface area contributed by atoms with E-state index >= 15 is 0 Å². The van der Waals surface area contributed by atoms with Gasteiger partial charge >= 0.3 is 0 Å². The Kier molecular flexibility index (Phi) is 4.67. The van der Waals surface area contributed by atoms with Gasteiger partial charge in [0.05, 0.1) is 6.20 Å². The van der Waals surface area contributed by atoms with Crippen LogP contribution < -0.4 is 5.73 Å². The molecule has 0 amide bonds. The monoisotopic (exact) mass is 227 g/mol. The van der Waals surface area contributed by atoms with Crippen molar-refractivity contribution >= 4 is 11.8 Å². The molecule has 0 spiro atoms. The molecule has 2 unspecified atom stereocenters. The third-order valence-electron chi connectivity index (χ3n) is 2.14. The van der Waals surface area contributed by atoms with E-state index in [9.17, 15) is 0 Å². The first-order chi connectivity index (χ1) is 7.00. The minimum atomic E-state index is 0.165. The van der Waals surface area contributed by atoms with E-state index in [1.165, 1.54) is 5.56 Å². The normalized spacial score (nSPS) is 15.6. The maximum atomic E-state index is 6.01. The van der Waals surface area contributed by atoms with Gasteiger partial charge in [-0.05, 0) is 18.6 Å². The van der Waals surface area contributed by atoms with Crippen molar-refractivity contribution in [2.45, 2.75) is 32.1 Å². The lowest BCUT2D eigenvalue weighted by atomic mass is 10.1. The van der Waals surface area contributed by atoms with E-state index in [1.54, 1.807) is 0 Å². The van der Waals surface area contributed by atoms with Gasteiger partial charge in [-0.15, -0.1) is 0 Å². The molecule has 0 aliphatic rings. The number of hydrogen-bond acceptors (Lipinski definition) is 3. The summed E-state index contributed by atoms with van der Waals surface area (Å²) in [5, 5.41) is 4.56. The third-order valence-corrected chi connectivity index (χ3v) is 4.06. The topological polar surface area (TPSA) is 43.8 Å². The molecule has 1 aromatic rings. The predicted molar refractivity (Wildman–Crippen MR) is 66.9 cm³/mol. The predicted octanol–water partition coefficient (Wildman–Crippen LogP) is 2.20. The minimum absolute atomic E-state index is 0.165. The van der Waals surface area contributed by atoms with Crippen molar-refractivity contribution in [1.29, 1.82) is 0 Å². The average Bonchev–Trinajstić information content (AvgIpc) is 2.51. The summed E-state index contributed by atoms with van der Waals surface area (Å²) in [5.41, 5.74) is 7.24. The highest BCUT2D eigenvalue weighted by molar-refractivity contribution is 7.99. The highest BCUT2D eigenvalue weighted by Gasteiger charge is 2.18. The van der Waals surface area contributed by atoms with Crippen molar-refractivity contribution in [3.8, 4) is 0 Å². The number of thioether (sulfide) groups is 1. The van der Waals surface area contributed by atoms with Gasteiger partial charge in [-0.25, -0.2) is 0 Å². The van der Waals surface area contributed by atoms with Crippen LogP contribution in [0.5, 0.6) is 0 Å². The van der Waals surface area contributed by atoms with Gasteiger partial charge in [-0.2, -0.15) is 16.9 Å². The Morgan fingerprint density at radius 2 is 2.13 bits per heavy atom. The van der Waals surface area contributed by atoms with Crippen LogP contribution in [0.4, 0.5) is 0 Å². The molecule has 4 heteroatoms. The van der Waals surface area contributed by atoms with Crippen LogP contribution in [0.3, 0.4) is 0 Å². The van der Waals surface area contributed by atoms with Gasteiger partial charge in [0.25, 0.3) is 0 Å². The molecule has 0 aliphatic carbocycles. The second kappa shape index (κ2) is 5.56. The van der Waals surface area contributed by atoms with E-state index in [1.807, 2.05) is 29.7 Å². The molecule has 0 radical (unpaired) electrons. The summed E-state index contributed by atoms with van der Waals surface area (Å²) in [6.45, 7) is 6.52. The molecule has 2 N–H and O–H groups in total. The molecule has 0 aromatic carbocycles. The van der Waals surface area contributed by atoms with E-state index in [2.05, 4.69) is 32.1 Å². The highest BCUT2D eigenvalue weighted by atomic mass is 32.2. The number of aromatic nitrogens is 2. The molecule has 0 bridgehead atoms. The zero-order valence-electron chi connectivity index (χ0n) is 9.97. The standard InChI is InChI=1S/C11H21N3S/c1-8(2)7-15-11(9(3)12)10-5-13-14(4)6-10/h5-6,8-9,11H,7,12H2,1-4H3. The zero-order chi connectivity index (χ0) is 11.4. The van der Waals surface area contributed by atoms with E-state index in [4.69, 9.17) is 5.73 Å². The first-order valence-electron chi connectivity index (χ1n) is 5.36. The molecule has 0 aliphatic heterocycles.